The molecule has 0 heterocycles. The summed E-state index contributed by atoms with van der Waals surface area (Å²) in [5.74, 6) is 1.39. The number of carbonyl (C=O) groups excluding carboxylic acids is 1. The molecule has 1 fully saturated rings. The van der Waals surface area contributed by atoms with Gasteiger partial charge in [0.2, 0.25) is 0 Å². The van der Waals surface area contributed by atoms with Gasteiger partial charge in [-0.15, -0.1) is 0 Å². The zero-order valence-electron chi connectivity index (χ0n) is 12.2. The highest BCUT2D eigenvalue weighted by atomic mass is 16.5. The van der Waals surface area contributed by atoms with Gasteiger partial charge in [-0.2, -0.15) is 0 Å². The minimum atomic E-state index is -0.0515. The summed E-state index contributed by atoms with van der Waals surface area (Å²) in [5.41, 5.74) is 0. The summed E-state index contributed by atoms with van der Waals surface area (Å²) >= 11 is 0. The van der Waals surface area contributed by atoms with Crippen molar-refractivity contribution in [1.29, 1.82) is 0 Å². The summed E-state index contributed by atoms with van der Waals surface area (Å²) in [6, 6.07) is 0.312. The molecule has 1 aliphatic carbocycles. The predicted octanol–water partition coefficient (Wildman–Crippen LogP) is 3.13. The van der Waals surface area contributed by atoms with Gasteiger partial charge in [0, 0.05) is 6.04 Å². The summed E-state index contributed by atoms with van der Waals surface area (Å²) in [4.78, 5) is 11.7. The van der Waals surface area contributed by atoms with Crippen LogP contribution in [0, 0.1) is 11.8 Å². The van der Waals surface area contributed by atoms with Gasteiger partial charge in [-0.05, 0) is 44.6 Å². The van der Waals surface area contributed by atoms with E-state index in [1.54, 1.807) is 0 Å². The fraction of sp³-hybridized carbons (Fsp3) is 0.933. The minimum Gasteiger partial charge on any atom is -0.466 e. The molecule has 0 bridgehead atoms. The molecule has 3 heteroatoms. The van der Waals surface area contributed by atoms with Crippen molar-refractivity contribution >= 4 is 5.97 Å². The monoisotopic (exact) mass is 255 g/mol. The van der Waals surface area contributed by atoms with Gasteiger partial charge in [0.15, 0.2) is 0 Å². The number of carbonyl (C=O) groups is 1. The van der Waals surface area contributed by atoms with Crippen LogP contribution in [0.15, 0.2) is 0 Å². The average molecular weight is 255 g/mol. The Labute approximate surface area is 112 Å². The fourth-order valence-electron chi connectivity index (χ4n) is 2.98. The quantitative estimate of drug-likeness (QED) is 0.710. The molecule has 0 amide bonds. The number of hydrogen-bond acceptors (Lipinski definition) is 3. The second-order valence-corrected chi connectivity index (χ2v) is 5.60. The lowest BCUT2D eigenvalue weighted by Crippen LogP contribution is -2.40. The fourth-order valence-corrected chi connectivity index (χ4v) is 2.98. The van der Waals surface area contributed by atoms with Crippen LogP contribution in [-0.4, -0.2) is 25.2 Å². The van der Waals surface area contributed by atoms with Crippen LogP contribution in [0.3, 0.4) is 0 Å². The maximum Gasteiger partial charge on any atom is 0.307 e. The second-order valence-electron chi connectivity index (χ2n) is 5.60. The van der Waals surface area contributed by atoms with Crippen molar-refractivity contribution in [3.05, 3.63) is 0 Å². The maximum absolute atomic E-state index is 11.7. The maximum atomic E-state index is 11.7. The molecule has 1 saturated carbocycles. The molecule has 106 valence electrons. The van der Waals surface area contributed by atoms with Crippen molar-refractivity contribution in [2.75, 3.05) is 13.2 Å². The summed E-state index contributed by atoms with van der Waals surface area (Å²) in [6.07, 6.45) is 6.80. The molecule has 1 N–H and O–H groups in total. The van der Waals surface area contributed by atoms with Gasteiger partial charge in [0.1, 0.15) is 0 Å². The zero-order valence-corrected chi connectivity index (χ0v) is 12.2. The number of esters is 1. The van der Waals surface area contributed by atoms with E-state index < -0.39 is 0 Å². The lowest BCUT2D eigenvalue weighted by Gasteiger charge is -2.33. The molecule has 0 spiro atoms. The molecule has 0 aromatic rings. The van der Waals surface area contributed by atoms with E-state index in [9.17, 15) is 4.79 Å². The normalized spacial score (nSPS) is 25.7. The Balaban J connectivity index is 2.50. The van der Waals surface area contributed by atoms with E-state index in [-0.39, 0.29) is 5.97 Å². The van der Waals surface area contributed by atoms with Crippen LogP contribution in [0.2, 0.25) is 0 Å². The van der Waals surface area contributed by atoms with E-state index in [0.717, 1.165) is 18.9 Å². The summed E-state index contributed by atoms with van der Waals surface area (Å²) in [5, 5.41) is 3.55. The number of rotatable bonds is 7. The van der Waals surface area contributed by atoms with Crippen LogP contribution in [0.25, 0.3) is 0 Å². The molecule has 0 aromatic carbocycles. The van der Waals surface area contributed by atoms with Gasteiger partial charge in [0.05, 0.1) is 13.0 Å². The largest absolute Gasteiger partial charge is 0.466 e. The molecular formula is C15H29NO2. The molecule has 0 aromatic heterocycles. The second kappa shape index (κ2) is 8.52. The topological polar surface area (TPSA) is 38.3 Å². The van der Waals surface area contributed by atoms with Crippen molar-refractivity contribution in [1.82, 2.24) is 5.32 Å². The van der Waals surface area contributed by atoms with Gasteiger partial charge in [0.25, 0.3) is 0 Å². The van der Waals surface area contributed by atoms with Crippen LogP contribution in [0.5, 0.6) is 0 Å². The summed E-state index contributed by atoms with van der Waals surface area (Å²) in [7, 11) is 0. The Morgan fingerprint density at radius 1 is 1.39 bits per heavy atom. The van der Waals surface area contributed by atoms with E-state index in [1.165, 1.54) is 25.7 Å². The smallest absolute Gasteiger partial charge is 0.307 e. The highest BCUT2D eigenvalue weighted by molar-refractivity contribution is 5.70. The zero-order chi connectivity index (χ0) is 13.4. The predicted molar refractivity (Wildman–Crippen MR) is 74.5 cm³/mol. The van der Waals surface area contributed by atoms with Crippen LogP contribution in [0.1, 0.15) is 59.3 Å². The highest BCUT2D eigenvalue weighted by Crippen LogP contribution is 2.31. The first-order valence-corrected chi connectivity index (χ1v) is 7.56. The lowest BCUT2D eigenvalue weighted by atomic mass is 9.77. The number of ether oxygens (including phenoxy) is 1. The van der Waals surface area contributed by atoms with E-state index in [4.69, 9.17) is 4.74 Å². The van der Waals surface area contributed by atoms with Crippen LogP contribution in [-0.2, 0) is 9.53 Å². The first-order valence-electron chi connectivity index (χ1n) is 7.56. The number of hydrogen-bond donors (Lipinski definition) is 1. The Bertz CT molecular complexity index is 243. The van der Waals surface area contributed by atoms with Crippen LogP contribution >= 0.6 is 0 Å². The Morgan fingerprint density at radius 2 is 2.17 bits per heavy atom. The third-order valence-electron chi connectivity index (χ3n) is 3.89. The minimum absolute atomic E-state index is 0.0515. The average Bonchev–Trinajstić information content (AvgIpc) is 2.34. The Morgan fingerprint density at radius 3 is 2.78 bits per heavy atom. The molecule has 18 heavy (non-hydrogen) atoms. The molecule has 0 saturated heterocycles. The van der Waals surface area contributed by atoms with Gasteiger partial charge < -0.3 is 10.1 Å². The first-order chi connectivity index (χ1) is 8.67. The molecular weight excluding hydrogens is 226 g/mol. The van der Waals surface area contributed by atoms with E-state index in [0.29, 0.717) is 25.0 Å². The molecule has 3 nitrogen and oxygen atoms in total. The van der Waals surface area contributed by atoms with Crippen LogP contribution in [0.4, 0.5) is 0 Å². The van der Waals surface area contributed by atoms with Crippen LogP contribution < -0.4 is 5.32 Å². The highest BCUT2D eigenvalue weighted by Gasteiger charge is 2.28. The molecule has 3 unspecified atom stereocenters. The standard InChI is InChI=1S/C15H29NO2/c1-4-9-16-14(11-15(17)18-5-2)13-8-6-7-12(3)10-13/h12-14,16H,4-11H2,1-3H3. The SMILES string of the molecule is CCCNC(CC(=O)OCC)C1CCCC(C)C1. The van der Waals surface area contributed by atoms with E-state index in [2.05, 4.69) is 19.2 Å². The van der Waals surface area contributed by atoms with Gasteiger partial charge in [-0.1, -0.05) is 26.7 Å². The first kappa shape index (κ1) is 15.5. The third kappa shape index (κ3) is 5.38. The van der Waals surface area contributed by atoms with E-state index in [1.807, 2.05) is 6.92 Å². The van der Waals surface area contributed by atoms with Crippen molar-refractivity contribution in [2.24, 2.45) is 11.8 Å². The van der Waals surface area contributed by atoms with Crippen molar-refractivity contribution < 1.29 is 9.53 Å². The summed E-state index contributed by atoms with van der Waals surface area (Å²) < 4.78 is 5.09. The lowest BCUT2D eigenvalue weighted by molar-refractivity contribution is -0.144. The third-order valence-corrected chi connectivity index (χ3v) is 3.89. The van der Waals surface area contributed by atoms with Crippen molar-refractivity contribution in [3.63, 3.8) is 0 Å². The molecule has 3 atom stereocenters. The molecule has 1 rings (SSSR count). The van der Waals surface area contributed by atoms with Crippen molar-refractivity contribution in [2.45, 2.75) is 65.3 Å². The molecule has 0 aliphatic heterocycles. The van der Waals surface area contributed by atoms with Gasteiger partial charge in [-0.25, -0.2) is 0 Å². The Hall–Kier alpha value is -0.570. The molecule has 1 aliphatic rings. The van der Waals surface area contributed by atoms with Gasteiger partial charge >= 0.3 is 5.97 Å². The van der Waals surface area contributed by atoms with Crippen molar-refractivity contribution in [3.8, 4) is 0 Å². The molecule has 0 radical (unpaired) electrons. The summed E-state index contributed by atoms with van der Waals surface area (Å²) in [6.45, 7) is 7.84. The van der Waals surface area contributed by atoms with Gasteiger partial charge in [-0.3, -0.25) is 4.79 Å². The number of nitrogens with one attached hydrogen (secondary N) is 1. The van der Waals surface area contributed by atoms with E-state index >= 15 is 0 Å². The Kier molecular flexibility index (Phi) is 7.33.